The molecule has 0 unspecified atom stereocenters. The third-order valence-electron chi connectivity index (χ3n) is 3.56. The number of benzene rings is 1. The van der Waals surface area contributed by atoms with Gasteiger partial charge in [0.1, 0.15) is 6.54 Å². The number of hydrogen-bond acceptors (Lipinski definition) is 5. The summed E-state index contributed by atoms with van der Waals surface area (Å²) in [6.45, 7) is 8.16. The number of hydrogen-bond donors (Lipinski definition) is 1. The largest absolute Gasteiger partial charge is 0.338 e. The molecule has 130 valence electrons. The number of nitrogens with one attached hydrogen (secondary N) is 1. The number of rotatable bonds is 4. The molecule has 0 spiro atoms. The van der Waals surface area contributed by atoms with Gasteiger partial charge in [-0.25, -0.2) is 0 Å². The Labute approximate surface area is 146 Å². The van der Waals surface area contributed by atoms with Crippen molar-refractivity contribution < 1.29 is 9.32 Å². The van der Waals surface area contributed by atoms with Crippen LogP contribution in [0.25, 0.3) is 11.4 Å². The van der Waals surface area contributed by atoms with Crippen LogP contribution in [-0.4, -0.2) is 25.8 Å². The van der Waals surface area contributed by atoms with Gasteiger partial charge in [0.2, 0.25) is 17.6 Å². The van der Waals surface area contributed by atoms with Crippen molar-refractivity contribution in [3.8, 4) is 11.4 Å². The minimum Gasteiger partial charge on any atom is -0.338 e. The smallest absolute Gasteiger partial charge is 0.246 e. The van der Waals surface area contributed by atoms with Crippen LogP contribution < -0.4 is 5.32 Å². The highest BCUT2D eigenvalue weighted by molar-refractivity contribution is 5.90. The maximum atomic E-state index is 12.0. The maximum absolute atomic E-state index is 12.0. The van der Waals surface area contributed by atoms with E-state index in [0.717, 1.165) is 11.1 Å². The van der Waals surface area contributed by atoms with Crippen molar-refractivity contribution in [2.24, 2.45) is 0 Å². The molecule has 0 aliphatic rings. The molecule has 3 rings (SSSR count). The van der Waals surface area contributed by atoms with E-state index in [4.69, 9.17) is 4.52 Å². The number of carbonyl (C=O) groups excluding carboxylic acids is 1. The molecule has 0 bridgehead atoms. The summed E-state index contributed by atoms with van der Waals surface area (Å²) in [6, 6.07) is 7.33. The molecule has 0 saturated heterocycles. The Morgan fingerprint density at radius 2 is 1.96 bits per heavy atom. The molecule has 0 aliphatic carbocycles. The molecule has 1 aromatic carbocycles. The fourth-order valence-electron chi connectivity index (χ4n) is 2.25. The molecule has 7 heteroatoms. The van der Waals surface area contributed by atoms with Gasteiger partial charge in [0.25, 0.3) is 0 Å². The molecular formula is C18H21N5O2. The van der Waals surface area contributed by atoms with Gasteiger partial charge in [-0.1, -0.05) is 25.9 Å². The zero-order chi connectivity index (χ0) is 18.0. The fourth-order valence-corrected chi connectivity index (χ4v) is 2.25. The Bertz CT molecular complexity index is 872. The average molecular weight is 339 g/mol. The molecular weight excluding hydrogens is 318 g/mol. The molecule has 0 aliphatic heterocycles. The highest BCUT2D eigenvalue weighted by atomic mass is 16.5. The number of anilines is 1. The first-order valence-electron chi connectivity index (χ1n) is 8.05. The van der Waals surface area contributed by atoms with Gasteiger partial charge >= 0.3 is 0 Å². The third-order valence-corrected chi connectivity index (χ3v) is 3.56. The van der Waals surface area contributed by atoms with Gasteiger partial charge in [-0.2, -0.15) is 10.1 Å². The van der Waals surface area contributed by atoms with Crippen LogP contribution in [0.2, 0.25) is 0 Å². The van der Waals surface area contributed by atoms with E-state index in [1.807, 2.05) is 58.2 Å². The lowest BCUT2D eigenvalue weighted by atomic mass is 9.97. The first-order valence-corrected chi connectivity index (χ1v) is 8.05. The summed E-state index contributed by atoms with van der Waals surface area (Å²) in [4.78, 5) is 16.5. The molecule has 1 amide bonds. The van der Waals surface area contributed by atoms with E-state index in [1.54, 1.807) is 10.9 Å². The standard InChI is InChI=1S/C18H21N5O2/c1-12-9-19-23(10-12)11-15(24)20-14-7-5-13(6-8-14)16-21-17(25-22-16)18(2,3)4/h5-10H,11H2,1-4H3,(H,20,24). The van der Waals surface area contributed by atoms with Gasteiger partial charge in [0.15, 0.2) is 0 Å². The maximum Gasteiger partial charge on any atom is 0.246 e. The summed E-state index contributed by atoms with van der Waals surface area (Å²) >= 11 is 0. The van der Waals surface area contributed by atoms with Crippen molar-refractivity contribution in [2.75, 3.05) is 5.32 Å². The summed E-state index contributed by atoms with van der Waals surface area (Å²) < 4.78 is 6.91. The fraction of sp³-hybridized carbons (Fsp3) is 0.333. The molecule has 0 radical (unpaired) electrons. The minimum absolute atomic E-state index is 0.134. The predicted molar refractivity (Wildman–Crippen MR) is 94.0 cm³/mol. The molecule has 0 atom stereocenters. The second kappa shape index (κ2) is 6.51. The summed E-state index contributed by atoms with van der Waals surface area (Å²) in [7, 11) is 0. The lowest BCUT2D eigenvalue weighted by Crippen LogP contribution is -2.18. The van der Waals surface area contributed by atoms with Crippen LogP contribution >= 0.6 is 0 Å². The predicted octanol–water partition coefficient (Wildman–Crippen LogP) is 3.18. The van der Waals surface area contributed by atoms with Gasteiger partial charge in [0.05, 0.1) is 6.20 Å². The van der Waals surface area contributed by atoms with E-state index < -0.39 is 0 Å². The van der Waals surface area contributed by atoms with Gasteiger partial charge in [0, 0.05) is 22.9 Å². The Hall–Kier alpha value is -2.96. The number of amides is 1. The summed E-state index contributed by atoms with van der Waals surface area (Å²) in [6.07, 6.45) is 3.55. The summed E-state index contributed by atoms with van der Waals surface area (Å²) in [5, 5.41) is 11.0. The molecule has 7 nitrogen and oxygen atoms in total. The van der Waals surface area contributed by atoms with Gasteiger partial charge in [-0.15, -0.1) is 0 Å². The molecule has 3 aromatic rings. The minimum atomic E-state index is -0.190. The molecule has 25 heavy (non-hydrogen) atoms. The zero-order valence-electron chi connectivity index (χ0n) is 14.8. The summed E-state index contributed by atoms with van der Waals surface area (Å²) in [5.74, 6) is 0.995. The first-order chi connectivity index (χ1) is 11.8. The van der Waals surface area contributed by atoms with Crippen molar-refractivity contribution in [1.29, 1.82) is 0 Å². The van der Waals surface area contributed by atoms with Crippen LogP contribution in [0, 0.1) is 6.92 Å². The topological polar surface area (TPSA) is 85.8 Å². The first kappa shape index (κ1) is 16.9. The van der Waals surface area contributed by atoms with Crippen molar-refractivity contribution >= 4 is 11.6 Å². The van der Waals surface area contributed by atoms with Crippen molar-refractivity contribution in [2.45, 2.75) is 39.7 Å². The van der Waals surface area contributed by atoms with Gasteiger partial charge in [-0.05, 0) is 36.8 Å². The second-order valence-electron chi connectivity index (χ2n) is 7.01. The molecule has 2 aromatic heterocycles. The Morgan fingerprint density at radius 3 is 2.52 bits per heavy atom. The van der Waals surface area contributed by atoms with Gasteiger partial charge in [-0.3, -0.25) is 9.48 Å². The van der Waals surface area contributed by atoms with E-state index in [9.17, 15) is 4.79 Å². The lowest BCUT2D eigenvalue weighted by molar-refractivity contribution is -0.116. The SMILES string of the molecule is Cc1cnn(CC(=O)Nc2ccc(-c3noc(C(C)(C)C)n3)cc2)c1. The van der Waals surface area contributed by atoms with Crippen LogP contribution in [0.5, 0.6) is 0 Å². The van der Waals surface area contributed by atoms with Crippen molar-refractivity contribution in [3.05, 3.63) is 48.1 Å². The van der Waals surface area contributed by atoms with Crippen LogP contribution in [0.4, 0.5) is 5.69 Å². The Morgan fingerprint density at radius 1 is 1.24 bits per heavy atom. The molecule has 0 saturated carbocycles. The van der Waals surface area contributed by atoms with Crippen molar-refractivity contribution in [3.63, 3.8) is 0 Å². The van der Waals surface area contributed by atoms with E-state index >= 15 is 0 Å². The quantitative estimate of drug-likeness (QED) is 0.789. The third kappa shape index (κ3) is 4.12. The molecule has 0 fully saturated rings. The van der Waals surface area contributed by atoms with E-state index in [1.165, 1.54) is 0 Å². The van der Waals surface area contributed by atoms with Crippen LogP contribution in [0.1, 0.15) is 32.2 Å². The Kier molecular flexibility index (Phi) is 4.39. The monoisotopic (exact) mass is 339 g/mol. The highest BCUT2D eigenvalue weighted by Crippen LogP contribution is 2.24. The molecule has 2 heterocycles. The van der Waals surface area contributed by atoms with E-state index in [0.29, 0.717) is 17.4 Å². The van der Waals surface area contributed by atoms with E-state index in [2.05, 4.69) is 20.6 Å². The number of nitrogens with zero attached hydrogens (tertiary/aromatic N) is 4. The highest BCUT2D eigenvalue weighted by Gasteiger charge is 2.22. The number of carbonyl (C=O) groups is 1. The van der Waals surface area contributed by atoms with Crippen LogP contribution in [-0.2, 0) is 16.8 Å². The average Bonchev–Trinajstić information content (AvgIpc) is 3.17. The van der Waals surface area contributed by atoms with Crippen molar-refractivity contribution in [1.82, 2.24) is 19.9 Å². The normalized spacial score (nSPS) is 11.5. The number of aromatic nitrogens is 4. The van der Waals surface area contributed by atoms with E-state index in [-0.39, 0.29) is 17.9 Å². The van der Waals surface area contributed by atoms with Crippen LogP contribution in [0.15, 0.2) is 41.2 Å². The number of aryl methyl sites for hydroxylation is 1. The van der Waals surface area contributed by atoms with Crippen LogP contribution in [0.3, 0.4) is 0 Å². The summed E-state index contributed by atoms with van der Waals surface area (Å²) in [5.41, 5.74) is 2.37. The lowest BCUT2D eigenvalue weighted by Gasteiger charge is -2.10. The van der Waals surface area contributed by atoms with Gasteiger partial charge < -0.3 is 9.84 Å². The molecule has 1 N–H and O–H groups in total. The zero-order valence-corrected chi connectivity index (χ0v) is 14.8. The Balaban J connectivity index is 1.66. The second-order valence-corrected chi connectivity index (χ2v) is 7.01.